The second kappa shape index (κ2) is 11.0. The number of esters is 1. The molecule has 8 heteroatoms. The van der Waals surface area contributed by atoms with Crippen LogP contribution in [0.25, 0.3) is 0 Å². The van der Waals surface area contributed by atoms with Crippen LogP contribution >= 0.6 is 11.3 Å². The van der Waals surface area contributed by atoms with Crippen molar-refractivity contribution in [1.82, 2.24) is 0 Å². The maximum atomic E-state index is 12.7. The van der Waals surface area contributed by atoms with Gasteiger partial charge in [-0.15, -0.1) is 11.3 Å². The van der Waals surface area contributed by atoms with E-state index in [1.54, 1.807) is 48.5 Å². The largest absolute Gasteiger partial charge is 0.452 e. The van der Waals surface area contributed by atoms with Gasteiger partial charge in [-0.25, -0.2) is 4.79 Å². The van der Waals surface area contributed by atoms with Gasteiger partial charge in [-0.05, 0) is 60.4 Å². The number of rotatable bonds is 6. The van der Waals surface area contributed by atoms with Gasteiger partial charge in [-0.2, -0.15) is 5.26 Å². The van der Waals surface area contributed by atoms with Crippen molar-refractivity contribution in [2.75, 3.05) is 17.2 Å². The van der Waals surface area contributed by atoms with Crippen molar-refractivity contribution in [2.24, 2.45) is 11.3 Å². The lowest BCUT2D eigenvalue weighted by atomic mass is 9.72. The average Bonchev–Trinajstić information content (AvgIpc) is 3.23. The zero-order valence-corrected chi connectivity index (χ0v) is 21.9. The first-order valence-electron chi connectivity index (χ1n) is 12.1. The minimum absolute atomic E-state index is 0.136. The summed E-state index contributed by atoms with van der Waals surface area (Å²) >= 11 is 1.43. The minimum atomic E-state index is -0.738. The summed E-state index contributed by atoms with van der Waals surface area (Å²) in [5.74, 6) is -1.12. The number of amides is 2. The van der Waals surface area contributed by atoms with Gasteiger partial charge in [-0.3, -0.25) is 9.59 Å². The molecule has 0 saturated carbocycles. The lowest BCUT2D eigenvalue weighted by Gasteiger charge is -2.33. The van der Waals surface area contributed by atoms with Crippen LogP contribution in [0.4, 0.5) is 10.7 Å². The predicted molar refractivity (Wildman–Crippen MR) is 144 cm³/mol. The van der Waals surface area contributed by atoms with E-state index in [9.17, 15) is 19.6 Å². The second-order valence-electron chi connectivity index (χ2n) is 10.1. The Hall–Kier alpha value is -3.96. The van der Waals surface area contributed by atoms with Crippen molar-refractivity contribution >= 4 is 39.8 Å². The van der Waals surface area contributed by atoms with Gasteiger partial charge in [-0.1, -0.05) is 51.1 Å². The lowest BCUT2D eigenvalue weighted by Crippen LogP contribution is -2.26. The highest BCUT2D eigenvalue weighted by Gasteiger charge is 2.32. The van der Waals surface area contributed by atoms with Gasteiger partial charge in [0.1, 0.15) is 11.1 Å². The van der Waals surface area contributed by atoms with Gasteiger partial charge in [0, 0.05) is 10.4 Å². The van der Waals surface area contributed by atoms with Crippen LogP contribution in [0.15, 0.2) is 54.6 Å². The molecule has 0 aliphatic heterocycles. The Balaban J connectivity index is 1.40. The van der Waals surface area contributed by atoms with E-state index >= 15 is 0 Å². The minimum Gasteiger partial charge on any atom is -0.452 e. The van der Waals surface area contributed by atoms with Crippen LogP contribution in [0, 0.1) is 22.7 Å². The average molecular weight is 516 g/mol. The molecule has 1 atom stereocenters. The molecule has 1 heterocycles. The summed E-state index contributed by atoms with van der Waals surface area (Å²) in [4.78, 5) is 39.1. The molecule has 2 N–H and O–H groups in total. The van der Waals surface area contributed by atoms with E-state index in [-0.39, 0.29) is 22.6 Å². The van der Waals surface area contributed by atoms with Gasteiger partial charge in [0.15, 0.2) is 6.61 Å². The Kier molecular flexibility index (Phi) is 7.74. The smallest absolute Gasteiger partial charge is 0.340 e. The Bertz CT molecular complexity index is 1370. The number of ether oxygens (including phenoxy) is 1. The second-order valence-corrected chi connectivity index (χ2v) is 11.2. The van der Waals surface area contributed by atoms with Crippen LogP contribution in [0.2, 0.25) is 0 Å². The number of carbonyl (C=O) groups excluding carboxylic acids is 3. The quantitative estimate of drug-likeness (QED) is 0.402. The predicted octanol–water partition coefficient (Wildman–Crippen LogP) is 5.82. The molecular formula is C29H29N3O4S. The lowest BCUT2D eigenvalue weighted by molar-refractivity contribution is -0.119. The van der Waals surface area contributed by atoms with Gasteiger partial charge in [0.25, 0.3) is 11.8 Å². The highest BCUT2D eigenvalue weighted by molar-refractivity contribution is 7.16. The van der Waals surface area contributed by atoms with E-state index in [0.29, 0.717) is 22.0 Å². The highest BCUT2D eigenvalue weighted by Crippen LogP contribution is 2.44. The van der Waals surface area contributed by atoms with Crippen LogP contribution in [0.1, 0.15) is 63.9 Å². The fraction of sp³-hybridized carbons (Fsp3) is 0.310. The number of nitrogens with one attached hydrogen (secondary N) is 2. The van der Waals surface area contributed by atoms with Crippen LogP contribution < -0.4 is 10.6 Å². The topological polar surface area (TPSA) is 108 Å². The number of para-hydroxylation sites is 1. The summed E-state index contributed by atoms with van der Waals surface area (Å²) in [5, 5.41) is 15.7. The fourth-order valence-electron chi connectivity index (χ4n) is 4.46. The third-order valence-corrected chi connectivity index (χ3v) is 7.79. The first-order valence-corrected chi connectivity index (χ1v) is 13.0. The zero-order chi connectivity index (χ0) is 26.6. The third-order valence-electron chi connectivity index (χ3n) is 6.62. The molecule has 7 nitrogen and oxygen atoms in total. The normalized spacial score (nSPS) is 14.7. The monoisotopic (exact) mass is 515 g/mol. The summed E-state index contributed by atoms with van der Waals surface area (Å²) in [5.41, 5.74) is 2.56. The Labute approximate surface area is 220 Å². The molecule has 37 heavy (non-hydrogen) atoms. The van der Waals surface area contributed by atoms with Crippen LogP contribution in [0.3, 0.4) is 0 Å². The van der Waals surface area contributed by atoms with Gasteiger partial charge >= 0.3 is 5.97 Å². The Morgan fingerprint density at radius 2 is 1.76 bits per heavy atom. The van der Waals surface area contributed by atoms with Gasteiger partial charge in [0.2, 0.25) is 0 Å². The van der Waals surface area contributed by atoms with E-state index in [0.717, 1.165) is 29.7 Å². The molecule has 1 aliphatic rings. The van der Waals surface area contributed by atoms with Crippen molar-refractivity contribution < 1.29 is 19.1 Å². The van der Waals surface area contributed by atoms with Crippen LogP contribution in [0.5, 0.6) is 0 Å². The number of anilines is 2. The maximum Gasteiger partial charge on any atom is 0.340 e. The van der Waals surface area contributed by atoms with Crippen molar-refractivity contribution in [2.45, 2.75) is 40.0 Å². The number of benzene rings is 2. The first-order chi connectivity index (χ1) is 17.7. The van der Waals surface area contributed by atoms with Crippen molar-refractivity contribution in [3.63, 3.8) is 0 Å². The van der Waals surface area contributed by atoms with Gasteiger partial charge < -0.3 is 15.4 Å². The molecule has 3 aromatic rings. The molecule has 1 aromatic heterocycles. The number of nitriles is 1. The summed E-state index contributed by atoms with van der Waals surface area (Å²) in [6.45, 7) is 6.16. The summed E-state index contributed by atoms with van der Waals surface area (Å²) in [6.07, 6.45) is 2.70. The van der Waals surface area contributed by atoms with Crippen molar-refractivity contribution in [3.05, 3.63) is 81.7 Å². The fourth-order valence-corrected chi connectivity index (χ4v) is 5.75. The number of carbonyl (C=O) groups is 3. The highest BCUT2D eigenvalue weighted by atomic mass is 32.1. The Morgan fingerprint density at radius 3 is 2.46 bits per heavy atom. The first kappa shape index (κ1) is 26.1. The molecule has 2 amide bonds. The number of thiophene rings is 1. The molecule has 0 unspecified atom stereocenters. The molecule has 0 fully saturated rings. The molecule has 0 radical (unpaired) electrons. The maximum absolute atomic E-state index is 12.7. The van der Waals surface area contributed by atoms with Crippen LogP contribution in [-0.2, 0) is 22.4 Å². The SMILES string of the molecule is CC(C)(C)[C@H]1CCc2c(sc(NC(=O)COC(=O)c3ccccc3NC(=O)c3ccccc3)c2C#N)C1. The molecule has 4 rings (SSSR count). The molecule has 0 spiro atoms. The van der Waals surface area contributed by atoms with Gasteiger partial charge in [0.05, 0.1) is 16.8 Å². The Morgan fingerprint density at radius 1 is 1.05 bits per heavy atom. The number of hydrogen-bond donors (Lipinski definition) is 2. The summed E-state index contributed by atoms with van der Waals surface area (Å²) in [6, 6.07) is 17.3. The number of fused-ring (bicyclic) bond motifs is 1. The molecule has 2 aromatic carbocycles. The van der Waals surface area contributed by atoms with E-state index in [1.165, 1.54) is 17.4 Å². The van der Waals surface area contributed by atoms with Crippen molar-refractivity contribution in [3.8, 4) is 6.07 Å². The molecule has 0 saturated heterocycles. The van der Waals surface area contributed by atoms with E-state index in [2.05, 4.69) is 37.5 Å². The summed E-state index contributed by atoms with van der Waals surface area (Å²) in [7, 11) is 0. The number of nitrogens with zero attached hydrogens (tertiary/aromatic N) is 1. The number of hydrogen-bond acceptors (Lipinski definition) is 6. The van der Waals surface area contributed by atoms with E-state index in [4.69, 9.17) is 4.74 Å². The van der Waals surface area contributed by atoms with Crippen molar-refractivity contribution in [1.29, 1.82) is 5.26 Å². The molecule has 190 valence electrons. The molecule has 0 bridgehead atoms. The molecule has 1 aliphatic carbocycles. The van der Waals surface area contributed by atoms with E-state index < -0.39 is 18.5 Å². The van der Waals surface area contributed by atoms with Crippen LogP contribution in [-0.4, -0.2) is 24.4 Å². The molecular weight excluding hydrogens is 486 g/mol. The standard InChI is InChI=1S/C29H29N3O4S/c1-29(2,3)19-13-14-20-22(16-30)27(37-24(20)15-19)32-25(33)17-36-28(35)21-11-7-8-12-23(21)31-26(34)18-9-5-4-6-10-18/h4-12,19H,13-15,17H2,1-3H3,(H,31,34)(H,32,33)/t19-/m0/s1. The third kappa shape index (κ3) is 6.07. The van der Waals surface area contributed by atoms with E-state index in [1.807, 2.05) is 0 Å². The zero-order valence-electron chi connectivity index (χ0n) is 21.1. The summed E-state index contributed by atoms with van der Waals surface area (Å²) < 4.78 is 5.25.